The van der Waals surface area contributed by atoms with Crippen LogP contribution in [-0.2, 0) is 0 Å². The lowest BCUT2D eigenvalue weighted by Gasteiger charge is -2.26. The van der Waals surface area contributed by atoms with Gasteiger partial charge in [-0.1, -0.05) is 112 Å². The van der Waals surface area contributed by atoms with Gasteiger partial charge in [-0.3, -0.25) is 0 Å². The third-order valence-corrected chi connectivity index (χ3v) is 7.38. The van der Waals surface area contributed by atoms with Crippen molar-refractivity contribution in [1.29, 1.82) is 0 Å². The van der Waals surface area contributed by atoms with Gasteiger partial charge >= 0.3 is 0 Å². The summed E-state index contributed by atoms with van der Waals surface area (Å²) in [5.74, 6) is 0.649. The van der Waals surface area contributed by atoms with Crippen molar-refractivity contribution in [2.45, 2.75) is 13.8 Å². The first-order valence-corrected chi connectivity index (χ1v) is 14.8. The van der Waals surface area contributed by atoms with Gasteiger partial charge in [0.05, 0.1) is 11.2 Å². The van der Waals surface area contributed by atoms with Gasteiger partial charge in [-0.15, -0.1) is 0 Å². The van der Waals surface area contributed by atoms with E-state index in [4.69, 9.17) is 14.4 Å². The van der Waals surface area contributed by atoms with Gasteiger partial charge in [0, 0.05) is 44.4 Å². The molecule has 4 nitrogen and oxygen atoms in total. The molecule has 44 heavy (non-hydrogen) atoms. The zero-order chi connectivity index (χ0) is 30.5. The molecule has 0 aliphatic heterocycles. The number of benzene rings is 5. The van der Waals surface area contributed by atoms with E-state index >= 15 is 0 Å². The second kappa shape index (κ2) is 12.6. The number of nitrogens with zero attached hydrogens (tertiary/aromatic N) is 3. The molecule has 4 heteroatoms. The molecule has 0 unspecified atom stereocenters. The van der Waals surface area contributed by atoms with Crippen LogP contribution in [0.1, 0.15) is 13.8 Å². The molecule has 0 bridgehead atoms. The highest BCUT2D eigenvalue weighted by atomic mass is 16.3. The topological polar surface area (TPSA) is 42.2 Å². The number of hydrogen-bond acceptors (Lipinski definition) is 4. The maximum absolute atomic E-state index is 6.22. The SMILES string of the molecule is C=C/C=C(\C=C)N(c1ccccc1)c1cccc(-c2nc(-c3ccccc3)c3c(ccc4oc5ccccc5c43)n2)c1.CC. The fourth-order valence-corrected chi connectivity index (χ4v) is 5.54. The van der Waals surface area contributed by atoms with Gasteiger partial charge in [0.25, 0.3) is 0 Å². The molecular weight excluding hydrogens is 538 g/mol. The van der Waals surface area contributed by atoms with Gasteiger partial charge in [-0.2, -0.15) is 0 Å². The number of fused-ring (bicyclic) bond motifs is 5. The van der Waals surface area contributed by atoms with Crippen molar-refractivity contribution in [3.05, 3.63) is 158 Å². The molecule has 214 valence electrons. The molecule has 0 atom stereocenters. The average molecular weight is 572 g/mol. The Morgan fingerprint density at radius 1 is 0.659 bits per heavy atom. The lowest BCUT2D eigenvalue weighted by atomic mass is 10.0. The molecule has 0 aliphatic rings. The number of furan rings is 1. The summed E-state index contributed by atoms with van der Waals surface area (Å²) < 4.78 is 6.22. The number of rotatable bonds is 7. The lowest BCUT2D eigenvalue weighted by Crippen LogP contribution is -2.15. The Kier molecular flexibility index (Phi) is 8.15. The van der Waals surface area contributed by atoms with Crippen LogP contribution in [0.3, 0.4) is 0 Å². The van der Waals surface area contributed by atoms with Crippen molar-refractivity contribution in [1.82, 2.24) is 9.97 Å². The van der Waals surface area contributed by atoms with Crippen LogP contribution >= 0.6 is 0 Å². The van der Waals surface area contributed by atoms with Crippen LogP contribution in [0.15, 0.2) is 163 Å². The summed E-state index contributed by atoms with van der Waals surface area (Å²) in [7, 11) is 0. The predicted octanol–water partition coefficient (Wildman–Crippen LogP) is 11.3. The lowest BCUT2D eigenvalue weighted by molar-refractivity contribution is 0.669. The van der Waals surface area contributed by atoms with Crippen LogP contribution in [0.2, 0.25) is 0 Å². The summed E-state index contributed by atoms with van der Waals surface area (Å²) in [4.78, 5) is 12.5. The minimum absolute atomic E-state index is 0.649. The number of para-hydroxylation sites is 2. The Morgan fingerprint density at radius 2 is 1.34 bits per heavy atom. The first-order chi connectivity index (χ1) is 21.7. The standard InChI is InChI=1S/C38H27N3O.C2H6/c1-3-14-28(4-2)41(29-18-9-6-10-19-29)30-20-13-17-27(25-30)38-39-32-23-24-34-35(31-21-11-12-22-33(31)42-34)36(32)37(40-38)26-15-7-5-8-16-26;1-2/h3-25H,1-2H2;1-2H3/b28-14+;. The van der Waals surface area contributed by atoms with E-state index in [2.05, 4.69) is 66.6 Å². The van der Waals surface area contributed by atoms with Crippen LogP contribution in [0.4, 0.5) is 11.4 Å². The van der Waals surface area contributed by atoms with Crippen molar-refractivity contribution >= 4 is 44.2 Å². The number of aromatic nitrogens is 2. The van der Waals surface area contributed by atoms with Crippen molar-refractivity contribution in [3.63, 3.8) is 0 Å². The maximum atomic E-state index is 6.22. The molecule has 2 aromatic heterocycles. The summed E-state index contributed by atoms with van der Waals surface area (Å²) in [5.41, 5.74) is 8.23. The Balaban J connectivity index is 0.00000168. The normalized spacial score (nSPS) is 11.3. The third-order valence-electron chi connectivity index (χ3n) is 7.38. The highest BCUT2D eigenvalue weighted by Crippen LogP contribution is 2.40. The zero-order valence-electron chi connectivity index (χ0n) is 24.9. The molecule has 0 saturated heterocycles. The van der Waals surface area contributed by atoms with E-state index in [-0.39, 0.29) is 0 Å². The first kappa shape index (κ1) is 28.4. The van der Waals surface area contributed by atoms with Crippen molar-refractivity contribution in [2.75, 3.05) is 4.90 Å². The third kappa shape index (κ3) is 5.18. The van der Waals surface area contributed by atoms with Crippen LogP contribution < -0.4 is 4.90 Å². The van der Waals surface area contributed by atoms with Crippen LogP contribution in [0.25, 0.3) is 55.5 Å². The van der Waals surface area contributed by atoms with Crippen LogP contribution in [-0.4, -0.2) is 9.97 Å². The summed E-state index contributed by atoms with van der Waals surface area (Å²) in [6.07, 6.45) is 5.56. The number of allylic oxidation sites excluding steroid dienone is 3. The minimum Gasteiger partial charge on any atom is -0.456 e. The second-order valence-corrected chi connectivity index (χ2v) is 9.95. The fraction of sp³-hybridized carbons (Fsp3) is 0.0500. The van der Waals surface area contributed by atoms with E-state index in [0.717, 1.165) is 66.7 Å². The highest BCUT2D eigenvalue weighted by Gasteiger charge is 2.19. The molecule has 7 rings (SSSR count). The van der Waals surface area contributed by atoms with E-state index < -0.39 is 0 Å². The molecule has 0 N–H and O–H groups in total. The number of hydrogen-bond donors (Lipinski definition) is 0. The Morgan fingerprint density at radius 3 is 2.09 bits per heavy atom. The molecule has 5 aromatic carbocycles. The molecule has 0 fully saturated rings. The molecule has 0 aliphatic carbocycles. The molecular formula is C40H33N3O. The summed E-state index contributed by atoms with van der Waals surface area (Å²) in [6.45, 7) is 12.0. The Labute approximate surface area is 257 Å². The first-order valence-electron chi connectivity index (χ1n) is 14.8. The highest BCUT2D eigenvalue weighted by molar-refractivity contribution is 6.21. The molecule has 0 spiro atoms. The van der Waals surface area contributed by atoms with Crippen molar-refractivity contribution in [3.8, 4) is 22.6 Å². The Hall–Kier alpha value is -5.74. The van der Waals surface area contributed by atoms with Gasteiger partial charge < -0.3 is 9.32 Å². The molecule has 2 heterocycles. The monoisotopic (exact) mass is 571 g/mol. The van der Waals surface area contributed by atoms with Gasteiger partial charge in [-0.25, -0.2) is 9.97 Å². The quantitative estimate of drug-likeness (QED) is 0.178. The average Bonchev–Trinajstić information content (AvgIpc) is 3.48. The Bertz CT molecular complexity index is 2130. The molecule has 0 saturated carbocycles. The van der Waals surface area contributed by atoms with E-state index in [1.165, 1.54) is 0 Å². The molecule has 0 amide bonds. The van der Waals surface area contributed by atoms with E-state index in [1.54, 1.807) is 6.08 Å². The smallest absolute Gasteiger partial charge is 0.160 e. The zero-order valence-corrected chi connectivity index (χ0v) is 24.9. The maximum Gasteiger partial charge on any atom is 0.160 e. The minimum atomic E-state index is 0.649. The van der Waals surface area contributed by atoms with Crippen LogP contribution in [0, 0.1) is 0 Å². The van der Waals surface area contributed by atoms with E-state index in [9.17, 15) is 0 Å². The molecule has 0 radical (unpaired) electrons. The predicted molar refractivity (Wildman–Crippen MR) is 186 cm³/mol. The van der Waals surface area contributed by atoms with Crippen molar-refractivity contribution < 1.29 is 4.42 Å². The van der Waals surface area contributed by atoms with Crippen molar-refractivity contribution in [2.24, 2.45) is 0 Å². The largest absolute Gasteiger partial charge is 0.456 e. The van der Waals surface area contributed by atoms with E-state index in [1.807, 2.05) is 98.8 Å². The van der Waals surface area contributed by atoms with Gasteiger partial charge in [0.1, 0.15) is 11.2 Å². The van der Waals surface area contributed by atoms with Gasteiger partial charge in [0.15, 0.2) is 5.82 Å². The summed E-state index contributed by atoms with van der Waals surface area (Å²) in [6, 6.07) is 41.0. The second-order valence-electron chi connectivity index (χ2n) is 9.95. The molecule has 7 aromatic rings. The van der Waals surface area contributed by atoms with Gasteiger partial charge in [0.2, 0.25) is 0 Å². The summed E-state index contributed by atoms with van der Waals surface area (Å²) in [5, 5.41) is 3.07. The van der Waals surface area contributed by atoms with E-state index in [0.29, 0.717) is 5.82 Å². The van der Waals surface area contributed by atoms with Crippen LogP contribution in [0.5, 0.6) is 0 Å². The number of anilines is 2. The summed E-state index contributed by atoms with van der Waals surface area (Å²) >= 11 is 0. The van der Waals surface area contributed by atoms with Gasteiger partial charge in [-0.05, 0) is 54.6 Å². The fourth-order valence-electron chi connectivity index (χ4n) is 5.54.